The normalized spacial score (nSPS) is 29.1. The molecule has 0 bridgehead atoms. The molecule has 4 heteroatoms. The molecule has 2 N–H and O–H groups in total. The molecular formula is C16H20ClNO2. The Morgan fingerprint density at radius 1 is 1.30 bits per heavy atom. The van der Waals surface area contributed by atoms with Gasteiger partial charge in [0.25, 0.3) is 0 Å². The lowest BCUT2D eigenvalue weighted by molar-refractivity contribution is -0.143. The molecule has 108 valence electrons. The second-order valence-electron chi connectivity index (χ2n) is 6.00. The smallest absolute Gasteiger partial charge is 0.306 e. The Morgan fingerprint density at radius 3 is 2.95 bits per heavy atom. The van der Waals surface area contributed by atoms with Crippen LogP contribution in [0.3, 0.4) is 0 Å². The van der Waals surface area contributed by atoms with Crippen molar-refractivity contribution in [2.75, 3.05) is 0 Å². The third-order valence-electron chi connectivity index (χ3n) is 4.64. The summed E-state index contributed by atoms with van der Waals surface area (Å²) in [6.07, 6.45) is 5.82. The molecule has 3 unspecified atom stereocenters. The van der Waals surface area contributed by atoms with E-state index in [1.54, 1.807) is 0 Å². The molecule has 0 radical (unpaired) electrons. The van der Waals surface area contributed by atoms with E-state index in [0.717, 1.165) is 43.5 Å². The average molecular weight is 294 g/mol. The van der Waals surface area contributed by atoms with Crippen LogP contribution >= 0.6 is 11.6 Å². The Hall–Kier alpha value is -1.06. The van der Waals surface area contributed by atoms with Crippen LogP contribution in [0, 0.1) is 5.92 Å². The Morgan fingerprint density at radius 2 is 2.15 bits per heavy atom. The largest absolute Gasteiger partial charge is 0.481 e. The summed E-state index contributed by atoms with van der Waals surface area (Å²) < 4.78 is 0. The summed E-state index contributed by atoms with van der Waals surface area (Å²) in [5.41, 5.74) is 2.67. The van der Waals surface area contributed by atoms with Gasteiger partial charge in [0.1, 0.15) is 0 Å². The van der Waals surface area contributed by atoms with Gasteiger partial charge in [-0.25, -0.2) is 0 Å². The number of carboxylic acids is 1. The van der Waals surface area contributed by atoms with E-state index in [4.69, 9.17) is 16.7 Å². The number of rotatable bonds is 3. The number of carbonyl (C=O) groups is 1. The van der Waals surface area contributed by atoms with Crippen molar-refractivity contribution in [3.8, 4) is 0 Å². The van der Waals surface area contributed by atoms with Crippen molar-refractivity contribution in [3.05, 3.63) is 34.3 Å². The molecule has 0 amide bonds. The Kier molecular flexibility index (Phi) is 3.99. The van der Waals surface area contributed by atoms with Gasteiger partial charge in [-0.15, -0.1) is 0 Å². The molecule has 1 fully saturated rings. The molecule has 0 spiro atoms. The van der Waals surface area contributed by atoms with Crippen molar-refractivity contribution >= 4 is 17.6 Å². The van der Waals surface area contributed by atoms with Gasteiger partial charge in [0.15, 0.2) is 0 Å². The van der Waals surface area contributed by atoms with E-state index < -0.39 is 5.97 Å². The summed E-state index contributed by atoms with van der Waals surface area (Å²) in [6, 6.07) is 6.80. The van der Waals surface area contributed by atoms with Gasteiger partial charge in [0.2, 0.25) is 0 Å². The van der Waals surface area contributed by atoms with E-state index in [2.05, 4.69) is 17.4 Å². The topological polar surface area (TPSA) is 49.3 Å². The first kappa shape index (κ1) is 13.9. The van der Waals surface area contributed by atoms with E-state index >= 15 is 0 Å². The number of nitrogens with one attached hydrogen (secondary N) is 1. The standard InChI is InChI=1S/C16H20ClNO2/c17-12-5-6-14-10(8-12)4-7-15(14)18-13-3-1-2-11(9-13)16(19)20/h5-6,8,11,13,15,18H,1-4,7,9H2,(H,19,20). The zero-order chi connectivity index (χ0) is 14.1. The monoisotopic (exact) mass is 293 g/mol. The van der Waals surface area contributed by atoms with Gasteiger partial charge >= 0.3 is 5.97 Å². The van der Waals surface area contributed by atoms with Crippen molar-refractivity contribution in [2.45, 2.75) is 50.6 Å². The highest BCUT2D eigenvalue weighted by Gasteiger charge is 2.30. The predicted molar refractivity (Wildman–Crippen MR) is 79.0 cm³/mol. The molecule has 0 saturated heterocycles. The summed E-state index contributed by atoms with van der Waals surface area (Å²) in [5.74, 6) is -0.817. The molecule has 1 aromatic carbocycles. The van der Waals surface area contributed by atoms with Gasteiger partial charge in [-0.05, 0) is 55.4 Å². The molecular weight excluding hydrogens is 274 g/mol. The second kappa shape index (κ2) is 5.74. The van der Waals surface area contributed by atoms with E-state index in [0.29, 0.717) is 12.1 Å². The van der Waals surface area contributed by atoms with Crippen LogP contribution in [-0.2, 0) is 11.2 Å². The fourth-order valence-corrected chi connectivity index (χ4v) is 3.80. The highest BCUT2D eigenvalue weighted by Crippen LogP contribution is 2.35. The van der Waals surface area contributed by atoms with Gasteiger partial charge < -0.3 is 10.4 Å². The zero-order valence-corrected chi connectivity index (χ0v) is 12.2. The van der Waals surface area contributed by atoms with Gasteiger partial charge in [-0.2, -0.15) is 0 Å². The van der Waals surface area contributed by atoms with Gasteiger partial charge in [0.05, 0.1) is 5.92 Å². The molecule has 3 nitrogen and oxygen atoms in total. The number of halogens is 1. The Bertz CT molecular complexity index is 517. The van der Waals surface area contributed by atoms with Crippen molar-refractivity contribution < 1.29 is 9.90 Å². The molecule has 0 aliphatic heterocycles. The molecule has 2 aliphatic carbocycles. The highest BCUT2D eigenvalue weighted by atomic mass is 35.5. The van der Waals surface area contributed by atoms with Crippen LogP contribution in [0.5, 0.6) is 0 Å². The maximum absolute atomic E-state index is 11.1. The van der Waals surface area contributed by atoms with Gasteiger partial charge in [0, 0.05) is 17.1 Å². The fourth-order valence-electron chi connectivity index (χ4n) is 3.61. The predicted octanol–water partition coefficient (Wildman–Crippen LogP) is 3.56. The first-order valence-corrected chi connectivity index (χ1v) is 7.78. The molecule has 1 aromatic rings. The second-order valence-corrected chi connectivity index (χ2v) is 6.44. The summed E-state index contributed by atoms with van der Waals surface area (Å²) in [5, 5.41) is 13.6. The van der Waals surface area contributed by atoms with E-state index in [-0.39, 0.29) is 5.92 Å². The van der Waals surface area contributed by atoms with Gasteiger partial charge in [-0.1, -0.05) is 24.1 Å². The van der Waals surface area contributed by atoms with Gasteiger partial charge in [-0.3, -0.25) is 4.79 Å². The summed E-state index contributed by atoms with van der Waals surface area (Å²) in [6.45, 7) is 0. The van der Waals surface area contributed by atoms with E-state index in [9.17, 15) is 4.79 Å². The van der Waals surface area contributed by atoms with Crippen LogP contribution in [0.2, 0.25) is 5.02 Å². The number of aliphatic carboxylic acids is 1. The number of hydrogen-bond donors (Lipinski definition) is 2. The Labute approximate surface area is 124 Å². The van der Waals surface area contributed by atoms with Crippen molar-refractivity contribution in [1.82, 2.24) is 5.32 Å². The number of fused-ring (bicyclic) bond motifs is 1. The number of carboxylic acid groups (broad SMARTS) is 1. The van der Waals surface area contributed by atoms with E-state index in [1.807, 2.05) is 6.07 Å². The van der Waals surface area contributed by atoms with Crippen molar-refractivity contribution in [2.24, 2.45) is 5.92 Å². The van der Waals surface area contributed by atoms with E-state index in [1.165, 1.54) is 11.1 Å². The van der Waals surface area contributed by atoms with Crippen LogP contribution in [-0.4, -0.2) is 17.1 Å². The molecule has 1 saturated carbocycles. The Balaban J connectivity index is 1.66. The third-order valence-corrected chi connectivity index (χ3v) is 4.88. The maximum atomic E-state index is 11.1. The number of aryl methyl sites for hydroxylation is 1. The molecule has 0 heterocycles. The summed E-state index contributed by atoms with van der Waals surface area (Å²) in [4.78, 5) is 11.1. The first-order valence-electron chi connectivity index (χ1n) is 7.40. The molecule has 0 aromatic heterocycles. The minimum atomic E-state index is -0.643. The minimum absolute atomic E-state index is 0.174. The van der Waals surface area contributed by atoms with Crippen molar-refractivity contribution in [3.63, 3.8) is 0 Å². The maximum Gasteiger partial charge on any atom is 0.306 e. The van der Waals surface area contributed by atoms with Crippen LogP contribution < -0.4 is 5.32 Å². The lowest BCUT2D eigenvalue weighted by Crippen LogP contribution is -2.38. The fraction of sp³-hybridized carbons (Fsp3) is 0.562. The summed E-state index contributed by atoms with van der Waals surface area (Å²) >= 11 is 6.03. The lowest BCUT2D eigenvalue weighted by Gasteiger charge is -2.30. The number of benzene rings is 1. The van der Waals surface area contributed by atoms with Crippen LogP contribution in [0.4, 0.5) is 0 Å². The highest BCUT2D eigenvalue weighted by molar-refractivity contribution is 6.30. The molecule has 3 rings (SSSR count). The molecule has 20 heavy (non-hydrogen) atoms. The molecule has 2 aliphatic rings. The van der Waals surface area contributed by atoms with Crippen LogP contribution in [0.15, 0.2) is 18.2 Å². The first-order chi connectivity index (χ1) is 9.63. The quantitative estimate of drug-likeness (QED) is 0.896. The summed E-state index contributed by atoms with van der Waals surface area (Å²) in [7, 11) is 0. The average Bonchev–Trinajstić information content (AvgIpc) is 2.81. The van der Waals surface area contributed by atoms with Crippen molar-refractivity contribution in [1.29, 1.82) is 0 Å². The molecule has 3 atom stereocenters. The zero-order valence-electron chi connectivity index (χ0n) is 11.4. The van der Waals surface area contributed by atoms with Crippen LogP contribution in [0.1, 0.15) is 49.3 Å². The van der Waals surface area contributed by atoms with Crippen LogP contribution in [0.25, 0.3) is 0 Å². The number of hydrogen-bond acceptors (Lipinski definition) is 2. The minimum Gasteiger partial charge on any atom is -0.481 e. The lowest BCUT2D eigenvalue weighted by atomic mass is 9.85. The SMILES string of the molecule is O=C(O)C1CCCC(NC2CCc3cc(Cl)ccc32)C1. The third kappa shape index (κ3) is 2.84.